The van der Waals surface area contributed by atoms with Gasteiger partial charge in [-0.3, -0.25) is 4.79 Å². The molecule has 0 aromatic rings. The maximum atomic E-state index is 11.8. The van der Waals surface area contributed by atoms with Crippen LogP contribution in [-0.4, -0.2) is 54.7 Å². The molecule has 0 radical (unpaired) electrons. The molecule has 5 heteroatoms. The first-order valence-corrected chi connectivity index (χ1v) is 5.87. The Morgan fingerprint density at radius 1 is 1.79 bits per heavy atom. The molecule has 0 aromatic heterocycles. The standard InChI is InChI=1S/C9H18N2O2S/c1-7-6-11(3-4-14-7)9(12)8(5-10)13-2/h7-8H,3-6,10H2,1-2H3. The largest absolute Gasteiger partial charge is 0.370 e. The van der Waals surface area contributed by atoms with Gasteiger partial charge in [0.05, 0.1) is 0 Å². The summed E-state index contributed by atoms with van der Waals surface area (Å²) in [6.07, 6.45) is -0.467. The molecule has 0 saturated carbocycles. The number of ether oxygens (including phenoxy) is 1. The van der Waals surface area contributed by atoms with E-state index in [1.807, 2.05) is 16.7 Å². The molecular weight excluding hydrogens is 200 g/mol. The van der Waals surface area contributed by atoms with Gasteiger partial charge in [-0.1, -0.05) is 6.92 Å². The van der Waals surface area contributed by atoms with E-state index in [0.717, 1.165) is 18.8 Å². The van der Waals surface area contributed by atoms with Crippen LogP contribution < -0.4 is 5.73 Å². The van der Waals surface area contributed by atoms with E-state index >= 15 is 0 Å². The van der Waals surface area contributed by atoms with Gasteiger partial charge in [-0.15, -0.1) is 0 Å². The van der Waals surface area contributed by atoms with Crippen molar-refractivity contribution in [2.24, 2.45) is 5.73 Å². The summed E-state index contributed by atoms with van der Waals surface area (Å²) in [4.78, 5) is 13.7. The van der Waals surface area contributed by atoms with E-state index in [1.54, 1.807) is 0 Å². The molecule has 4 nitrogen and oxygen atoms in total. The lowest BCUT2D eigenvalue weighted by Gasteiger charge is -2.32. The van der Waals surface area contributed by atoms with E-state index in [9.17, 15) is 4.79 Å². The van der Waals surface area contributed by atoms with Crippen LogP contribution in [0.4, 0.5) is 0 Å². The number of nitrogens with zero attached hydrogens (tertiary/aromatic N) is 1. The summed E-state index contributed by atoms with van der Waals surface area (Å²) >= 11 is 1.90. The lowest BCUT2D eigenvalue weighted by atomic mass is 10.2. The zero-order valence-electron chi connectivity index (χ0n) is 8.73. The van der Waals surface area contributed by atoms with Gasteiger partial charge >= 0.3 is 0 Å². The van der Waals surface area contributed by atoms with Crippen LogP contribution in [0.25, 0.3) is 0 Å². The number of carbonyl (C=O) groups is 1. The van der Waals surface area contributed by atoms with Gasteiger partial charge in [0, 0.05) is 37.7 Å². The number of carbonyl (C=O) groups excluding carboxylic acids is 1. The van der Waals surface area contributed by atoms with Crippen molar-refractivity contribution in [3.8, 4) is 0 Å². The van der Waals surface area contributed by atoms with E-state index in [0.29, 0.717) is 5.25 Å². The van der Waals surface area contributed by atoms with Crippen LogP contribution in [0.2, 0.25) is 0 Å². The van der Waals surface area contributed by atoms with Gasteiger partial charge in [0.15, 0.2) is 0 Å². The molecule has 0 aromatic carbocycles. The van der Waals surface area contributed by atoms with Crippen LogP contribution in [0.5, 0.6) is 0 Å². The zero-order valence-corrected chi connectivity index (χ0v) is 9.55. The Labute approximate surface area is 89.2 Å². The quantitative estimate of drug-likeness (QED) is 0.720. The number of hydrogen-bond donors (Lipinski definition) is 1. The molecule has 1 saturated heterocycles. The van der Waals surface area contributed by atoms with Crippen molar-refractivity contribution < 1.29 is 9.53 Å². The Kier molecular flexibility index (Phi) is 4.71. The fourth-order valence-electron chi connectivity index (χ4n) is 1.52. The third kappa shape index (κ3) is 2.87. The van der Waals surface area contributed by atoms with E-state index in [2.05, 4.69) is 6.92 Å². The second kappa shape index (κ2) is 5.58. The first kappa shape index (κ1) is 11.8. The minimum Gasteiger partial charge on any atom is -0.370 e. The van der Waals surface area contributed by atoms with E-state index < -0.39 is 6.10 Å². The van der Waals surface area contributed by atoms with Crippen LogP contribution in [0.1, 0.15) is 6.92 Å². The maximum Gasteiger partial charge on any atom is 0.253 e. The van der Waals surface area contributed by atoms with Crippen molar-refractivity contribution in [2.75, 3.05) is 32.5 Å². The van der Waals surface area contributed by atoms with Gasteiger partial charge in [0.2, 0.25) is 0 Å². The Balaban J connectivity index is 2.50. The highest BCUT2D eigenvalue weighted by molar-refractivity contribution is 7.99. The van der Waals surface area contributed by atoms with Gasteiger partial charge < -0.3 is 15.4 Å². The predicted octanol–water partition coefficient (Wildman–Crippen LogP) is -0.0760. The number of amides is 1. The summed E-state index contributed by atoms with van der Waals surface area (Å²) in [6, 6.07) is 0. The molecule has 82 valence electrons. The molecule has 1 aliphatic rings. The van der Waals surface area contributed by atoms with E-state index in [4.69, 9.17) is 10.5 Å². The molecule has 1 rings (SSSR count). The van der Waals surface area contributed by atoms with E-state index in [1.165, 1.54) is 7.11 Å². The minimum atomic E-state index is -0.467. The molecule has 0 aliphatic carbocycles. The number of methoxy groups -OCH3 is 1. The average Bonchev–Trinajstić information content (AvgIpc) is 2.19. The zero-order chi connectivity index (χ0) is 10.6. The van der Waals surface area contributed by atoms with Crippen LogP contribution in [0.15, 0.2) is 0 Å². The Hall–Kier alpha value is -0.260. The normalized spacial score (nSPS) is 24.8. The van der Waals surface area contributed by atoms with Gasteiger partial charge in [-0.05, 0) is 0 Å². The topological polar surface area (TPSA) is 55.6 Å². The maximum absolute atomic E-state index is 11.8. The first-order chi connectivity index (χ1) is 6.69. The summed E-state index contributed by atoms with van der Waals surface area (Å²) < 4.78 is 5.03. The van der Waals surface area contributed by atoms with E-state index in [-0.39, 0.29) is 12.5 Å². The van der Waals surface area contributed by atoms with Crippen molar-refractivity contribution in [3.05, 3.63) is 0 Å². The second-order valence-electron chi connectivity index (χ2n) is 3.43. The third-order valence-electron chi connectivity index (χ3n) is 2.33. The van der Waals surface area contributed by atoms with Crippen LogP contribution in [0, 0.1) is 0 Å². The Bertz CT molecular complexity index is 197. The van der Waals surface area contributed by atoms with Crippen molar-refractivity contribution in [2.45, 2.75) is 18.3 Å². The molecule has 2 N–H and O–H groups in total. The molecule has 1 aliphatic heterocycles. The summed E-state index contributed by atoms with van der Waals surface area (Å²) in [7, 11) is 1.53. The summed E-state index contributed by atoms with van der Waals surface area (Å²) in [5.41, 5.74) is 5.45. The molecule has 0 bridgehead atoms. The number of hydrogen-bond acceptors (Lipinski definition) is 4. The number of nitrogens with two attached hydrogens (primary N) is 1. The second-order valence-corrected chi connectivity index (χ2v) is 4.97. The highest BCUT2D eigenvalue weighted by atomic mass is 32.2. The fourth-order valence-corrected chi connectivity index (χ4v) is 2.53. The smallest absolute Gasteiger partial charge is 0.253 e. The van der Waals surface area contributed by atoms with Gasteiger partial charge in [0.1, 0.15) is 6.10 Å². The Morgan fingerprint density at radius 3 is 3.00 bits per heavy atom. The van der Waals surface area contributed by atoms with Crippen LogP contribution in [-0.2, 0) is 9.53 Å². The minimum absolute atomic E-state index is 0.0298. The number of rotatable bonds is 3. The molecule has 0 spiro atoms. The van der Waals surface area contributed by atoms with Gasteiger partial charge in [-0.2, -0.15) is 11.8 Å². The molecule has 2 atom stereocenters. The van der Waals surface area contributed by atoms with Gasteiger partial charge in [0.25, 0.3) is 5.91 Å². The average molecular weight is 218 g/mol. The fraction of sp³-hybridized carbons (Fsp3) is 0.889. The highest BCUT2D eigenvalue weighted by Crippen LogP contribution is 2.18. The first-order valence-electron chi connectivity index (χ1n) is 4.82. The van der Waals surface area contributed by atoms with Crippen LogP contribution >= 0.6 is 11.8 Å². The highest BCUT2D eigenvalue weighted by Gasteiger charge is 2.26. The molecule has 14 heavy (non-hydrogen) atoms. The SMILES string of the molecule is COC(CN)C(=O)N1CCSC(C)C1. The predicted molar refractivity (Wildman–Crippen MR) is 58.4 cm³/mol. The molecular formula is C9H18N2O2S. The number of thioether (sulfide) groups is 1. The summed E-state index contributed by atoms with van der Waals surface area (Å²) in [6.45, 7) is 4.01. The van der Waals surface area contributed by atoms with Crippen molar-refractivity contribution in [3.63, 3.8) is 0 Å². The monoisotopic (exact) mass is 218 g/mol. The van der Waals surface area contributed by atoms with Crippen molar-refractivity contribution in [1.82, 2.24) is 4.90 Å². The molecule has 1 amide bonds. The lowest BCUT2D eigenvalue weighted by Crippen LogP contribution is -2.48. The summed E-state index contributed by atoms with van der Waals surface area (Å²) in [5, 5.41) is 0.517. The molecule has 1 heterocycles. The van der Waals surface area contributed by atoms with Crippen LogP contribution in [0.3, 0.4) is 0 Å². The van der Waals surface area contributed by atoms with Gasteiger partial charge in [-0.25, -0.2) is 0 Å². The van der Waals surface area contributed by atoms with Crippen molar-refractivity contribution >= 4 is 17.7 Å². The van der Waals surface area contributed by atoms with Crippen molar-refractivity contribution in [1.29, 1.82) is 0 Å². The lowest BCUT2D eigenvalue weighted by molar-refractivity contribution is -0.141. The summed E-state index contributed by atoms with van der Waals surface area (Å²) in [5.74, 6) is 1.04. The third-order valence-corrected chi connectivity index (χ3v) is 3.46. The molecule has 2 unspecified atom stereocenters. The Morgan fingerprint density at radius 2 is 2.50 bits per heavy atom. The molecule has 1 fully saturated rings.